The molecule has 1 amide bonds. The van der Waals surface area contributed by atoms with Crippen molar-refractivity contribution in [1.82, 2.24) is 4.90 Å². The molecule has 3 nitrogen and oxygen atoms in total. The first kappa shape index (κ1) is 15.7. The first-order chi connectivity index (χ1) is 8.85. The third kappa shape index (κ3) is 5.43. The van der Waals surface area contributed by atoms with Crippen molar-refractivity contribution in [2.45, 2.75) is 46.1 Å². The van der Waals surface area contributed by atoms with E-state index in [0.29, 0.717) is 19.5 Å². The predicted octanol–water partition coefficient (Wildman–Crippen LogP) is 2.41. The van der Waals surface area contributed by atoms with Crippen LogP contribution in [0.5, 0.6) is 0 Å². The Labute approximate surface area is 116 Å². The van der Waals surface area contributed by atoms with Crippen LogP contribution in [-0.2, 0) is 17.6 Å². The normalized spacial score (nSPS) is 11.4. The monoisotopic (exact) mass is 263 g/mol. The van der Waals surface area contributed by atoms with Crippen LogP contribution in [0, 0.1) is 0 Å². The van der Waals surface area contributed by atoms with Crippen LogP contribution in [-0.4, -0.2) is 34.6 Å². The summed E-state index contributed by atoms with van der Waals surface area (Å²) in [4.78, 5) is 13.9. The number of hydrogen-bond donors (Lipinski definition) is 1. The van der Waals surface area contributed by atoms with E-state index in [1.165, 1.54) is 5.56 Å². The molecule has 0 fully saturated rings. The van der Waals surface area contributed by atoms with E-state index >= 15 is 0 Å². The van der Waals surface area contributed by atoms with Crippen molar-refractivity contribution in [2.75, 3.05) is 13.1 Å². The van der Waals surface area contributed by atoms with Crippen molar-refractivity contribution in [3.63, 3.8) is 0 Å². The van der Waals surface area contributed by atoms with Crippen molar-refractivity contribution in [1.29, 1.82) is 0 Å². The topological polar surface area (TPSA) is 40.5 Å². The molecule has 0 radical (unpaired) electrons. The summed E-state index contributed by atoms with van der Waals surface area (Å²) >= 11 is 0. The highest BCUT2D eigenvalue weighted by Gasteiger charge is 2.21. The number of rotatable bonds is 6. The predicted molar refractivity (Wildman–Crippen MR) is 78.1 cm³/mol. The lowest BCUT2D eigenvalue weighted by molar-refractivity contribution is -0.133. The van der Waals surface area contributed by atoms with E-state index in [-0.39, 0.29) is 5.91 Å². The lowest BCUT2D eigenvalue weighted by Crippen LogP contribution is -2.42. The largest absolute Gasteiger partial charge is 0.389 e. The molecule has 0 heterocycles. The molecular formula is C16H25NO2. The molecule has 19 heavy (non-hydrogen) atoms. The Balaban J connectivity index is 2.65. The van der Waals surface area contributed by atoms with Gasteiger partial charge in [0.05, 0.1) is 12.0 Å². The Bertz CT molecular complexity index is 404. The fourth-order valence-electron chi connectivity index (χ4n) is 2.02. The number of hydrogen-bond acceptors (Lipinski definition) is 2. The summed E-state index contributed by atoms with van der Waals surface area (Å²) in [5.74, 6) is 0.0638. The SMILES string of the molecule is CCc1ccc(CC(=O)N(CC)CC(C)(C)O)cc1. The van der Waals surface area contributed by atoms with Crippen LogP contribution < -0.4 is 0 Å². The van der Waals surface area contributed by atoms with Crippen LogP contribution in [0.1, 0.15) is 38.8 Å². The number of carbonyl (C=O) groups excluding carboxylic acids is 1. The van der Waals surface area contributed by atoms with Gasteiger partial charge in [-0.3, -0.25) is 4.79 Å². The number of amides is 1. The zero-order valence-corrected chi connectivity index (χ0v) is 12.4. The molecule has 0 unspecified atom stereocenters. The molecule has 3 heteroatoms. The van der Waals surface area contributed by atoms with Gasteiger partial charge in [-0.25, -0.2) is 0 Å². The standard InChI is InChI=1S/C16H25NO2/c1-5-13-7-9-14(10-8-13)11-15(18)17(6-2)12-16(3,4)19/h7-10,19H,5-6,11-12H2,1-4H3. The van der Waals surface area contributed by atoms with Gasteiger partial charge in [0.2, 0.25) is 5.91 Å². The first-order valence-electron chi connectivity index (χ1n) is 6.93. The summed E-state index contributed by atoms with van der Waals surface area (Å²) in [5.41, 5.74) is 1.45. The van der Waals surface area contributed by atoms with Crippen LogP contribution in [0.4, 0.5) is 0 Å². The van der Waals surface area contributed by atoms with Gasteiger partial charge in [0.25, 0.3) is 0 Å². The third-order valence-electron chi connectivity index (χ3n) is 3.10. The Hall–Kier alpha value is -1.35. The van der Waals surface area contributed by atoms with Crippen molar-refractivity contribution in [3.8, 4) is 0 Å². The highest BCUT2D eigenvalue weighted by molar-refractivity contribution is 5.78. The highest BCUT2D eigenvalue weighted by Crippen LogP contribution is 2.10. The van der Waals surface area contributed by atoms with Crippen LogP contribution >= 0.6 is 0 Å². The average molecular weight is 263 g/mol. The van der Waals surface area contributed by atoms with Crippen molar-refractivity contribution in [3.05, 3.63) is 35.4 Å². The van der Waals surface area contributed by atoms with Crippen LogP contribution in [0.2, 0.25) is 0 Å². The van der Waals surface area contributed by atoms with Gasteiger partial charge in [0, 0.05) is 13.1 Å². The summed E-state index contributed by atoms with van der Waals surface area (Å²) in [6.07, 6.45) is 1.40. The average Bonchev–Trinajstić information content (AvgIpc) is 2.35. The van der Waals surface area contributed by atoms with Gasteiger partial charge in [-0.05, 0) is 38.3 Å². The molecule has 0 aliphatic heterocycles. The van der Waals surface area contributed by atoms with Gasteiger partial charge in [-0.1, -0.05) is 31.2 Å². The van der Waals surface area contributed by atoms with E-state index < -0.39 is 5.60 Å². The van der Waals surface area contributed by atoms with Crippen LogP contribution in [0.3, 0.4) is 0 Å². The summed E-state index contributed by atoms with van der Waals surface area (Å²) < 4.78 is 0. The quantitative estimate of drug-likeness (QED) is 0.856. The molecule has 0 saturated carbocycles. The molecule has 106 valence electrons. The summed E-state index contributed by atoms with van der Waals surface area (Å²) in [5, 5.41) is 9.81. The molecule has 0 aliphatic carbocycles. The first-order valence-corrected chi connectivity index (χ1v) is 6.93. The Morgan fingerprint density at radius 1 is 1.16 bits per heavy atom. The van der Waals surface area contributed by atoms with Gasteiger partial charge in [-0.2, -0.15) is 0 Å². The number of aliphatic hydroxyl groups is 1. The van der Waals surface area contributed by atoms with Gasteiger partial charge in [0.1, 0.15) is 0 Å². The molecule has 1 N–H and O–H groups in total. The summed E-state index contributed by atoms with van der Waals surface area (Å²) in [6.45, 7) is 8.48. The molecular weight excluding hydrogens is 238 g/mol. The number of likely N-dealkylation sites (N-methyl/N-ethyl adjacent to an activating group) is 1. The van der Waals surface area contributed by atoms with E-state index in [0.717, 1.165) is 12.0 Å². The second-order valence-electron chi connectivity index (χ2n) is 5.57. The van der Waals surface area contributed by atoms with Gasteiger partial charge in [-0.15, -0.1) is 0 Å². The zero-order chi connectivity index (χ0) is 14.5. The lowest BCUT2D eigenvalue weighted by atomic mass is 10.1. The van der Waals surface area contributed by atoms with Crippen molar-refractivity contribution < 1.29 is 9.90 Å². The van der Waals surface area contributed by atoms with E-state index in [9.17, 15) is 9.90 Å². The zero-order valence-electron chi connectivity index (χ0n) is 12.4. The minimum Gasteiger partial charge on any atom is -0.389 e. The fraction of sp³-hybridized carbons (Fsp3) is 0.562. The minimum atomic E-state index is -0.849. The maximum atomic E-state index is 12.2. The Morgan fingerprint density at radius 3 is 2.11 bits per heavy atom. The number of nitrogens with zero attached hydrogens (tertiary/aromatic N) is 1. The minimum absolute atomic E-state index is 0.0638. The third-order valence-corrected chi connectivity index (χ3v) is 3.10. The molecule has 0 spiro atoms. The van der Waals surface area contributed by atoms with E-state index in [1.807, 2.05) is 19.1 Å². The smallest absolute Gasteiger partial charge is 0.227 e. The van der Waals surface area contributed by atoms with Gasteiger partial charge >= 0.3 is 0 Å². The molecule has 1 aromatic carbocycles. The van der Waals surface area contributed by atoms with Crippen LogP contribution in [0.25, 0.3) is 0 Å². The summed E-state index contributed by atoms with van der Waals surface area (Å²) in [7, 11) is 0. The number of benzene rings is 1. The molecule has 0 aromatic heterocycles. The second kappa shape index (κ2) is 6.71. The Kier molecular flexibility index (Phi) is 5.55. The maximum Gasteiger partial charge on any atom is 0.227 e. The fourth-order valence-corrected chi connectivity index (χ4v) is 2.02. The molecule has 1 aromatic rings. The molecule has 0 saturated heterocycles. The molecule has 0 aliphatic rings. The molecule has 0 bridgehead atoms. The van der Waals surface area contributed by atoms with Crippen molar-refractivity contribution in [2.24, 2.45) is 0 Å². The lowest BCUT2D eigenvalue weighted by Gasteiger charge is -2.28. The van der Waals surface area contributed by atoms with Crippen molar-refractivity contribution >= 4 is 5.91 Å². The van der Waals surface area contributed by atoms with Crippen LogP contribution in [0.15, 0.2) is 24.3 Å². The number of aryl methyl sites for hydroxylation is 1. The van der Waals surface area contributed by atoms with E-state index in [4.69, 9.17) is 0 Å². The van der Waals surface area contributed by atoms with Gasteiger partial charge < -0.3 is 10.0 Å². The second-order valence-corrected chi connectivity index (χ2v) is 5.57. The molecule has 0 atom stereocenters. The highest BCUT2D eigenvalue weighted by atomic mass is 16.3. The van der Waals surface area contributed by atoms with E-state index in [1.54, 1.807) is 18.7 Å². The Morgan fingerprint density at radius 2 is 1.68 bits per heavy atom. The van der Waals surface area contributed by atoms with Gasteiger partial charge in [0.15, 0.2) is 0 Å². The number of carbonyl (C=O) groups is 1. The summed E-state index contributed by atoms with van der Waals surface area (Å²) in [6, 6.07) is 8.15. The molecule has 1 rings (SSSR count). The van der Waals surface area contributed by atoms with E-state index in [2.05, 4.69) is 19.1 Å². The maximum absolute atomic E-state index is 12.2.